The fourth-order valence-corrected chi connectivity index (χ4v) is 10.1. The van der Waals surface area contributed by atoms with E-state index in [9.17, 15) is 9.90 Å². The zero-order valence-corrected chi connectivity index (χ0v) is 29.9. The van der Waals surface area contributed by atoms with E-state index in [0.717, 1.165) is 5.75 Å². The number of hydrogen-bond acceptors (Lipinski definition) is 3. The Morgan fingerprint density at radius 3 is 1.19 bits per heavy atom. The first-order valence-electron chi connectivity index (χ1n) is 16.6. The zero-order chi connectivity index (χ0) is 27.8. The van der Waals surface area contributed by atoms with Crippen molar-refractivity contribution in [1.82, 2.24) is 0 Å². The van der Waals surface area contributed by atoms with Crippen LogP contribution in [-0.4, -0.2) is 37.2 Å². The molecule has 0 radical (unpaired) electrons. The second-order valence-electron chi connectivity index (χ2n) is 11.3. The number of aliphatic carboxylic acids is 1. The van der Waals surface area contributed by atoms with E-state index >= 15 is 0 Å². The van der Waals surface area contributed by atoms with Crippen LogP contribution in [0.1, 0.15) is 169 Å². The van der Waals surface area contributed by atoms with Crippen molar-refractivity contribution in [2.45, 2.75) is 183 Å². The van der Waals surface area contributed by atoms with Gasteiger partial charge >= 0.3 is 53.8 Å². The van der Waals surface area contributed by atoms with Crippen LogP contribution in [0, 0.1) is 5.92 Å². The van der Waals surface area contributed by atoms with Crippen LogP contribution in [0.25, 0.3) is 0 Å². The monoisotopic (exact) mass is 648 g/mol. The van der Waals surface area contributed by atoms with Gasteiger partial charge in [0.15, 0.2) is 0 Å². The molecule has 2 nitrogen and oxygen atoms in total. The van der Waals surface area contributed by atoms with E-state index in [1.807, 2.05) is 0 Å². The molecule has 0 bridgehead atoms. The third-order valence-electron chi connectivity index (χ3n) is 7.67. The van der Waals surface area contributed by atoms with Crippen LogP contribution in [0.4, 0.5) is 0 Å². The molecule has 37 heavy (non-hydrogen) atoms. The number of hydrogen-bond donors (Lipinski definition) is 0. The van der Waals surface area contributed by atoms with Gasteiger partial charge in [0, 0.05) is 5.75 Å². The van der Waals surface area contributed by atoms with Gasteiger partial charge in [0.05, 0.1) is 5.97 Å². The molecule has 4 heteroatoms. The predicted octanol–water partition coefficient (Wildman–Crippen LogP) is 10.9. The molecule has 222 valence electrons. The van der Waals surface area contributed by atoms with Gasteiger partial charge in [0.2, 0.25) is 0 Å². The van der Waals surface area contributed by atoms with Crippen molar-refractivity contribution in [3.8, 4) is 0 Å². The van der Waals surface area contributed by atoms with Gasteiger partial charge in [-0.15, -0.1) is 0 Å². The van der Waals surface area contributed by atoms with E-state index < -0.39 is 25.7 Å². The third-order valence-corrected chi connectivity index (χ3v) is 17.5. The molecule has 0 aromatic rings. The molecule has 0 heterocycles. The summed E-state index contributed by atoms with van der Waals surface area (Å²) in [4.78, 5) is 10.4. The van der Waals surface area contributed by atoms with E-state index in [2.05, 4.69) is 34.6 Å². The predicted molar refractivity (Wildman–Crippen MR) is 171 cm³/mol. The van der Waals surface area contributed by atoms with E-state index in [-0.39, 0.29) is 5.75 Å². The first kappa shape index (κ1) is 39.8. The molecule has 0 spiro atoms. The molecule has 0 fully saturated rings. The normalized spacial score (nSPS) is 11.7. The van der Waals surface area contributed by atoms with E-state index in [1.165, 1.54) is 147 Å². The van der Waals surface area contributed by atoms with E-state index in [0.29, 0.717) is 5.92 Å². The second kappa shape index (κ2) is 34.6. The van der Waals surface area contributed by atoms with Gasteiger partial charge in [-0.25, -0.2) is 0 Å². The van der Waals surface area contributed by atoms with Crippen LogP contribution in [0.3, 0.4) is 0 Å². The Labute approximate surface area is 246 Å². The summed E-state index contributed by atoms with van der Waals surface area (Å²) >= 11 is 0.846. The molecule has 0 amide bonds. The number of rotatable bonds is 28. The molecule has 0 unspecified atom stereocenters. The molecule has 0 saturated carbocycles. The van der Waals surface area contributed by atoms with Crippen LogP contribution in [0.5, 0.6) is 0 Å². The maximum atomic E-state index is 10.4. The molecule has 0 aliphatic carbocycles. The van der Waals surface area contributed by atoms with Crippen molar-refractivity contribution in [2.75, 3.05) is 11.5 Å². The Morgan fingerprint density at radius 2 is 0.919 bits per heavy atom. The maximum absolute atomic E-state index is 10.4. The summed E-state index contributed by atoms with van der Waals surface area (Å²) in [6.07, 6.45) is 29.7. The Balaban J connectivity index is 0. The number of carbonyl (C=O) groups is 1. The quantitative estimate of drug-likeness (QED) is 0.0627. The minimum absolute atomic E-state index is 0.142. The Morgan fingerprint density at radius 1 is 0.595 bits per heavy atom. The van der Waals surface area contributed by atoms with Crippen LogP contribution in [-0.2, 0) is 4.79 Å². The minimum atomic E-state index is -0.939. The standard InChI is InChI=1S/C27H54O2S.3C2H5.Sn/c1-3-4-5-6-7-8-9-10-11-12-13-14-15-16-17-18-19-20-21-22-23-26(2)24-30-25-27(28)29;3*1-2;/h26H,3-25H2,1-2H3,(H,28,29);3*1H2,2H3;/q;;;;+1/p-1/t26-;;;;/m0..../s1. The summed E-state index contributed by atoms with van der Waals surface area (Å²) < 4.78 is 4.65. The summed E-state index contributed by atoms with van der Waals surface area (Å²) in [5, 5.41) is 10.4. The molecule has 0 aromatic heterocycles. The van der Waals surface area contributed by atoms with Crippen molar-refractivity contribution in [2.24, 2.45) is 5.92 Å². The van der Waals surface area contributed by atoms with Gasteiger partial charge in [-0.05, 0) is 18.1 Å². The summed E-state index contributed by atoms with van der Waals surface area (Å²) in [7, 11) is 0. The number of thioether (sulfide) groups is 1. The van der Waals surface area contributed by atoms with Gasteiger partial charge in [0.25, 0.3) is 0 Å². The van der Waals surface area contributed by atoms with Crippen LogP contribution < -0.4 is 5.11 Å². The summed E-state index contributed by atoms with van der Waals surface area (Å²) in [6.45, 7) is 11.6. The summed E-state index contributed by atoms with van der Waals surface area (Å²) in [6, 6.07) is 0. The van der Waals surface area contributed by atoms with Crippen molar-refractivity contribution < 1.29 is 9.90 Å². The Kier molecular flexibility index (Phi) is 37.2. The van der Waals surface area contributed by atoms with Crippen molar-refractivity contribution in [3.63, 3.8) is 0 Å². The van der Waals surface area contributed by atoms with Crippen LogP contribution in [0.15, 0.2) is 0 Å². The molecule has 0 rings (SSSR count). The van der Waals surface area contributed by atoms with Crippen LogP contribution >= 0.6 is 11.8 Å². The van der Waals surface area contributed by atoms with E-state index in [1.54, 1.807) is 13.3 Å². The summed E-state index contributed by atoms with van der Waals surface area (Å²) in [5.41, 5.74) is 0. The van der Waals surface area contributed by atoms with Crippen molar-refractivity contribution in [3.05, 3.63) is 0 Å². The third kappa shape index (κ3) is 36.6. The molecule has 1 atom stereocenters. The first-order chi connectivity index (χ1) is 18.0. The first-order valence-corrected chi connectivity index (χ1v) is 23.8. The average molecular weight is 648 g/mol. The summed E-state index contributed by atoms with van der Waals surface area (Å²) in [5.74, 6) is 0.785. The molecule has 0 aromatic carbocycles. The van der Waals surface area contributed by atoms with Gasteiger partial charge in [0.1, 0.15) is 0 Å². The SMILES string of the molecule is CCCCCCCCCCCCCCCCCCCCCC[C@H](C)CSCC(=O)[O-].C[CH2][Sn+]([CH2]C)[CH2]C. The number of unbranched alkanes of at least 4 members (excludes halogenated alkanes) is 19. The second-order valence-corrected chi connectivity index (χ2v) is 22.7. The topological polar surface area (TPSA) is 40.1 Å². The Hall–Kier alpha value is 0.619. The average Bonchev–Trinajstić information content (AvgIpc) is 2.88. The van der Waals surface area contributed by atoms with Crippen molar-refractivity contribution in [1.29, 1.82) is 0 Å². The molecular formula is C33H68O2SSn. The molecule has 0 aliphatic rings. The van der Waals surface area contributed by atoms with Gasteiger partial charge < -0.3 is 9.90 Å². The van der Waals surface area contributed by atoms with Gasteiger partial charge in [-0.1, -0.05) is 142 Å². The van der Waals surface area contributed by atoms with Gasteiger partial charge in [-0.3, -0.25) is 0 Å². The fourth-order valence-electron chi connectivity index (χ4n) is 4.92. The number of carboxylic acids is 1. The fraction of sp³-hybridized carbons (Fsp3) is 0.970. The number of carbonyl (C=O) groups excluding carboxylic acids is 1. The molecule has 0 N–H and O–H groups in total. The zero-order valence-electron chi connectivity index (χ0n) is 26.2. The van der Waals surface area contributed by atoms with Crippen LogP contribution in [0.2, 0.25) is 13.3 Å². The van der Waals surface area contributed by atoms with Crippen molar-refractivity contribution >= 4 is 37.5 Å². The number of carboxylic acid groups (broad SMARTS) is 1. The van der Waals surface area contributed by atoms with E-state index in [4.69, 9.17) is 0 Å². The molecular weight excluding hydrogens is 579 g/mol. The Bertz CT molecular complexity index is 423. The molecule has 0 aliphatic heterocycles. The molecule has 0 saturated heterocycles. The van der Waals surface area contributed by atoms with Gasteiger partial charge in [-0.2, -0.15) is 11.8 Å².